The van der Waals surface area contributed by atoms with Crippen LogP contribution >= 0.6 is 11.6 Å². The second-order valence-electron chi connectivity index (χ2n) is 8.40. The van der Waals surface area contributed by atoms with Gasteiger partial charge in [-0.25, -0.2) is 13.9 Å². The Hall–Kier alpha value is -1.55. The molecule has 2 aromatic rings. The van der Waals surface area contributed by atoms with Crippen molar-refractivity contribution in [2.75, 3.05) is 0 Å². The topological polar surface area (TPSA) is 35.1 Å². The van der Waals surface area contributed by atoms with E-state index in [9.17, 15) is 4.79 Å². The summed E-state index contributed by atoms with van der Waals surface area (Å²) in [6.45, 7) is 9.07. The van der Waals surface area contributed by atoms with Gasteiger partial charge in [0.25, 0.3) is 5.82 Å². The van der Waals surface area contributed by atoms with Crippen LogP contribution in [-0.4, -0.2) is 16.6 Å². The van der Waals surface area contributed by atoms with Gasteiger partial charge in [-0.3, -0.25) is 0 Å². The molecule has 0 radical (unpaired) electrons. The second kappa shape index (κ2) is 8.22. The molecule has 0 N–H and O–H groups in total. The SMILES string of the molecule is CCc1n(CC(=O)O[C@@H]2C[C@H](C)CC[C@H]2C(C)C)c2cc(Cl)ccc2[n+]1C. The lowest BCUT2D eigenvalue weighted by Crippen LogP contribution is -2.37. The molecule has 1 saturated carbocycles. The van der Waals surface area contributed by atoms with E-state index in [1.54, 1.807) is 0 Å². The highest BCUT2D eigenvalue weighted by molar-refractivity contribution is 6.31. The average molecular weight is 392 g/mol. The van der Waals surface area contributed by atoms with Gasteiger partial charge in [-0.1, -0.05) is 45.7 Å². The first-order chi connectivity index (χ1) is 12.8. The lowest BCUT2D eigenvalue weighted by Gasteiger charge is -2.36. The van der Waals surface area contributed by atoms with E-state index in [2.05, 4.69) is 36.8 Å². The Morgan fingerprint density at radius 2 is 2.11 bits per heavy atom. The van der Waals surface area contributed by atoms with Crippen LogP contribution in [0.15, 0.2) is 18.2 Å². The van der Waals surface area contributed by atoms with Crippen LogP contribution in [0.5, 0.6) is 0 Å². The molecule has 1 heterocycles. The summed E-state index contributed by atoms with van der Waals surface area (Å²) in [7, 11) is 2.04. The molecule has 0 spiro atoms. The van der Waals surface area contributed by atoms with Crippen molar-refractivity contribution in [3.8, 4) is 0 Å². The predicted molar refractivity (Wildman–Crippen MR) is 109 cm³/mol. The van der Waals surface area contributed by atoms with Crippen molar-refractivity contribution in [3.05, 3.63) is 29.0 Å². The Balaban J connectivity index is 1.84. The molecule has 3 rings (SSSR count). The first-order valence-corrected chi connectivity index (χ1v) is 10.6. The highest BCUT2D eigenvalue weighted by Gasteiger charge is 2.34. The number of carbonyl (C=O) groups excluding carboxylic acids is 1. The average Bonchev–Trinajstić information content (AvgIpc) is 2.85. The van der Waals surface area contributed by atoms with Gasteiger partial charge in [0.1, 0.15) is 6.10 Å². The Bertz CT molecular complexity index is 827. The van der Waals surface area contributed by atoms with E-state index in [1.807, 2.05) is 25.2 Å². The lowest BCUT2D eigenvalue weighted by atomic mass is 9.75. The maximum Gasteiger partial charge on any atom is 0.348 e. The molecule has 1 aromatic heterocycles. The fraction of sp³-hybridized carbons (Fsp3) is 0.636. The van der Waals surface area contributed by atoms with Crippen LogP contribution < -0.4 is 4.57 Å². The monoisotopic (exact) mass is 391 g/mol. The Morgan fingerprint density at radius 3 is 2.78 bits per heavy atom. The quantitative estimate of drug-likeness (QED) is 0.547. The summed E-state index contributed by atoms with van der Waals surface area (Å²) in [4.78, 5) is 12.9. The molecule has 5 heteroatoms. The highest BCUT2D eigenvalue weighted by Crippen LogP contribution is 2.35. The van der Waals surface area contributed by atoms with Crippen molar-refractivity contribution in [1.82, 2.24) is 4.57 Å². The van der Waals surface area contributed by atoms with Gasteiger partial charge < -0.3 is 4.74 Å². The van der Waals surface area contributed by atoms with Crippen LogP contribution in [0, 0.1) is 17.8 Å². The van der Waals surface area contributed by atoms with E-state index in [0.717, 1.165) is 36.1 Å². The summed E-state index contributed by atoms with van der Waals surface area (Å²) in [5.74, 6) is 2.56. The fourth-order valence-electron chi connectivity index (χ4n) is 4.65. The Labute approximate surface area is 167 Å². The number of nitrogens with zero attached hydrogens (tertiary/aromatic N) is 2. The van der Waals surface area contributed by atoms with Crippen molar-refractivity contribution in [1.29, 1.82) is 0 Å². The highest BCUT2D eigenvalue weighted by atomic mass is 35.5. The molecule has 0 bridgehead atoms. The van der Waals surface area contributed by atoms with Crippen molar-refractivity contribution in [2.24, 2.45) is 24.8 Å². The number of fused-ring (bicyclic) bond motifs is 1. The summed E-state index contributed by atoms with van der Waals surface area (Å²) in [6, 6.07) is 5.84. The first kappa shape index (κ1) is 20.2. The third-order valence-electron chi connectivity index (χ3n) is 6.14. The number of carbonyl (C=O) groups is 1. The Morgan fingerprint density at radius 1 is 1.37 bits per heavy atom. The maximum atomic E-state index is 12.9. The number of esters is 1. The van der Waals surface area contributed by atoms with Gasteiger partial charge in [0, 0.05) is 17.5 Å². The number of halogens is 1. The summed E-state index contributed by atoms with van der Waals surface area (Å²) in [5, 5.41) is 0.679. The van der Waals surface area contributed by atoms with Crippen LogP contribution in [0.1, 0.15) is 52.8 Å². The van der Waals surface area contributed by atoms with Crippen molar-refractivity contribution >= 4 is 28.6 Å². The molecule has 0 amide bonds. The van der Waals surface area contributed by atoms with Crippen LogP contribution in [-0.2, 0) is 29.5 Å². The van der Waals surface area contributed by atoms with Gasteiger partial charge in [-0.15, -0.1) is 0 Å². The van der Waals surface area contributed by atoms with Crippen LogP contribution in [0.25, 0.3) is 11.0 Å². The van der Waals surface area contributed by atoms with Gasteiger partial charge in [-0.2, -0.15) is 0 Å². The molecular weight excluding hydrogens is 360 g/mol. The van der Waals surface area contributed by atoms with Crippen molar-refractivity contribution in [2.45, 2.75) is 66.0 Å². The standard InChI is InChI=1S/C22H32ClN2O2/c1-6-21-24(5)18-10-8-16(23)12-19(18)25(21)13-22(26)27-20-11-15(4)7-9-17(20)14(2)3/h8,10,12,14-15,17,20H,6-7,9,11,13H2,1-5H3/q+1/t15-,17+,20-/m1/s1. The molecule has 27 heavy (non-hydrogen) atoms. The first-order valence-electron chi connectivity index (χ1n) is 10.2. The molecule has 0 unspecified atom stereocenters. The van der Waals surface area contributed by atoms with Gasteiger partial charge in [-0.05, 0) is 42.7 Å². The molecule has 1 aromatic carbocycles. The zero-order valence-corrected chi connectivity index (χ0v) is 17.9. The third kappa shape index (κ3) is 4.16. The summed E-state index contributed by atoms with van der Waals surface area (Å²) >= 11 is 6.22. The molecule has 1 fully saturated rings. The smallest absolute Gasteiger partial charge is 0.348 e. The van der Waals surface area contributed by atoms with E-state index < -0.39 is 0 Å². The normalized spacial score (nSPS) is 23.1. The zero-order chi connectivity index (χ0) is 19.7. The zero-order valence-electron chi connectivity index (χ0n) is 17.2. The van der Waals surface area contributed by atoms with E-state index in [1.165, 1.54) is 6.42 Å². The molecule has 148 valence electrons. The number of hydrogen-bond donors (Lipinski definition) is 0. The number of ether oxygens (including phenoxy) is 1. The molecule has 1 aliphatic carbocycles. The van der Waals surface area contributed by atoms with E-state index >= 15 is 0 Å². The van der Waals surface area contributed by atoms with E-state index in [-0.39, 0.29) is 18.6 Å². The molecular formula is C22H32ClN2O2+. The van der Waals surface area contributed by atoms with Gasteiger partial charge >= 0.3 is 5.97 Å². The summed E-state index contributed by atoms with van der Waals surface area (Å²) in [5.41, 5.74) is 2.06. The van der Waals surface area contributed by atoms with Crippen LogP contribution in [0.2, 0.25) is 5.02 Å². The second-order valence-corrected chi connectivity index (χ2v) is 8.84. The van der Waals surface area contributed by atoms with E-state index in [0.29, 0.717) is 22.8 Å². The number of aromatic nitrogens is 2. The van der Waals surface area contributed by atoms with Gasteiger partial charge in [0.2, 0.25) is 0 Å². The third-order valence-corrected chi connectivity index (χ3v) is 6.37. The van der Waals surface area contributed by atoms with Crippen molar-refractivity contribution in [3.63, 3.8) is 0 Å². The summed E-state index contributed by atoms with van der Waals surface area (Å²) in [6.07, 6.45) is 4.22. The molecule has 4 nitrogen and oxygen atoms in total. The van der Waals surface area contributed by atoms with Gasteiger partial charge in [0.15, 0.2) is 17.6 Å². The molecule has 0 aliphatic heterocycles. The minimum Gasteiger partial charge on any atom is -0.459 e. The minimum atomic E-state index is -0.146. The number of rotatable bonds is 5. The number of aryl methyl sites for hydroxylation is 1. The largest absolute Gasteiger partial charge is 0.459 e. The van der Waals surface area contributed by atoms with Crippen LogP contribution in [0.3, 0.4) is 0 Å². The minimum absolute atomic E-state index is 0.0329. The predicted octanol–water partition coefficient (Wildman–Crippen LogP) is 4.69. The van der Waals surface area contributed by atoms with Crippen LogP contribution in [0.4, 0.5) is 0 Å². The van der Waals surface area contributed by atoms with Crippen molar-refractivity contribution < 1.29 is 14.1 Å². The molecule has 1 aliphatic rings. The number of benzene rings is 1. The molecule has 3 atom stereocenters. The fourth-order valence-corrected chi connectivity index (χ4v) is 4.81. The molecule has 0 saturated heterocycles. The lowest BCUT2D eigenvalue weighted by molar-refractivity contribution is -0.653. The Kier molecular flexibility index (Phi) is 6.15. The maximum absolute atomic E-state index is 12.9. The summed E-state index contributed by atoms with van der Waals surface area (Å²) < 4.78 is 10.2. The van der Waals surface area contributed by atoms with E-state index in [4.69, 9.17) is 16.3 Å². The number of imidazole rings is 1. The number of hydrogen-bond acceptors (Lipinski definition) is 2. The van der Waals surface area contributed by atoms with Gasteiger partial charge in [0.05, 0.1) is 7.05 Å².